The van der Waals surface area contributed by atoms with Gasteiger partial charge in [0.2, 0.25) is 0 Å². The molecule has 16 heavy (non-hydrogen) atoms. The first kappa shape index (κ1) is 13.3. The molecule has 0 aliphatic carbocycles. The highest BCUT2D eigenvalue weighted by Crippen LogP contribution is 2.13. The van der Waals surface area contributed by atoms with E-state index in [1.807, 2.05) is 6.92 Å². The summed E-state index contributed by atoms with van der Waals surface area (Å²) in [5.41, 5.74) is 5.61. The zero-order chi connectivity index (χ0) is 12.0. The van der Waals surface area contributed by atoms with Crippen LogP contribution in [-0.2, 0) is 10.8 Å². The van der Waals surface area contributed by atoms with Gasteiger partial charge in [-0.1, -0.05) is 18.6 Å². The lowest BCUT2D eigenvalue weighted by Crippen LogP contribution is -2.14. The van der Waals surface area contributed by atoms with Crippen LogP contribution in [0.1, 0.15) is 26.2 Å². The lowest BCUT2D eigenvalue weighted by molar-refractivity contribution is 0.591. The largest absolute Gasteiger partial charge is 0.328 e. The number of benzene rings is 1. The first-order valence-electron chi connectivity index (χ1n) is 5.49. The van der Waals surface area contributed by atoms with Crippen LogP contribution in [-0.4, -0.2) is 16.0 Å². The summed E-state index contributed by atoms with van der Waals surface area (Å²) in [5.74, 6) is 0.126. The summed E-state index contributed by atoms with van der Waals surface area (Å²) < 4.78 is 25.0. The summed E-state index contributed by atoms with van der Waals surface area (Å²) in [4.78, 5) is 0.309. The first-order chi connectivity index (χ1) is 7.61. The summed E-state index contributed by atoms with van der Waals surface area (Å²) >= 11 is 0. The van der Waals surface area contributed by atoms with E-state index in [0.717, 1.165) is 19.3 Å². The molecule has 0 saturated carbocycles. The summed E-state index contributed by atoms with van der Waals surface area (Å²) in [7, 11) is -1.23. The quantitative estimate of drug-likeness (QED) is 0.780. The van der Waals surface area contributed by atoms with Gasteiger partial charge in [-0.2, -0.15) is 0 Å². The van der Waals surface area contributed by atoms with E-state index in [2.05, 4.69) is 0 Å². The summed E-state index contributed by atoms with van der Waals surface area (Å²) in [6, 6.07) is 6.42. The molecule has 1 rings (SSSR count). The fourth-order valence-electron chi connectivity index (χ4n) is 1.44. The monoisotopic (exact) mass is 243 g/mol. The first-order valence-corrected chi connectivity index (χ1v) is 6.81. The van der Waals surface area contributed by atoms with E-state index in [9.17, 15) is 8.60 Å². The van der Waals surface area contributed by atoms with Crippen molar-refractivity contribution in [1.82, 2.24) is 0 Å². The van der Waals surface area contributed by atoms with Gasteiger partial charge in [0.15, 0.2) is 0 Å². The topological polar surface area (TPSA) is 43.1 Å². The summed E-state index contributed by atoms with van der Waals surface area (Å²) in [6.07, 6.45) is 2.69. The third-order valence-corrected chi connectivity index (χ3v) is 3.80. The Balaban J connectivity index is 2.39. The van der Waals surface area contributed by atoms with E-state index < -0.39 is 10.8 Å². The second-order valence-electron chi connectivity index (χ2n) is 3.95. The Kier molecular flexibility index (Phi) is 5.63. The molecule has 0 bridgehead atoms. The molecule has 0 saturated heterocycles. The minimum Gasteiger partial charge on any atom is -0.328 e. The van der Waals surface area contributed by atoms with Crippen molar-refractivity contribution in [3.8, 4) is 0 Å². The minimum absolute atomic E-state index is 0.182. The average Bonchev–Trinajstić information content (AvgIpc) is 2.24. The summed E-state index contributed by atoms with van der Waals surface area (Å²) in [5, 5.41) is 0. The van der Waals surface area contributed by atoms with Crippen LogP contribution in [0.2, 0.25) is 0 Å². The zero-order valence-corrected chi connectivity index (χ0v) is 10.3. The number of hydrogen-bond acceptors (Lipinski definition) is 2. The number of halogens is 1. The van der Waals surface area contributed by atoms with Gasteiger partial charge in [0.25, 0.3) is 0 Å². The summed E-state index contributed by atoms with van der Waals surface area (Å²) in [6.45, 7) is 1.95. The highest BCUT2D eigenvalue weighted by atomic mass is 32.2. The Bertz CT molecular complexity index is 355. The second kappa shape index (κ2) is 6.76. The van der Waals surface area contributed by atoms with Gasteiger partial charge in [0, 0.05) is 11.8 Å². The molecule has 1 aromatic carbocycles. The lowest BCUT2D eigenvalue weighted by Gasteiger charge is -2.05. The molecule has 0 spiro atoms. The van der Waals surface area contributed by atoms with Crippen LogP contribution in [0.15, 0.2) is 29.2 Å². The van der Waals surface area contributed by atoms with Crippen molar-refractivity contribution < 1.29 is 8.60 Å². The van der Waals surface area contributed by atoms with Crippen molar-refractivity contribution in [2.45, 2.75) is 37.1 Å². The Morgan fingerprint density at radius 3 is 2.69 bits per heavy atom. The Morgan fingerprint density at radius 1 is 1.38 bits per heavy atom. The number of nitrogens with two attached hydrogens (primary N) is 1. The van der Waals surface area contributed by atoms with Gasteiger partial charge in [-0.15, -0.1) is 0 Å². The van der Waals surface area contributed by atoms with Crippen molar-refractivity contribution in [1.29, 1.82) is 0 Å². The maximum absolute atomic E-state index is 13.3. The van der Waals surface area contributed by atoms with Crippen LogP contribution in [0.5, 0.6) is 0 Å². The molecule has 0 aliphatic rings. The minimum atomic E-state index is -1.23. The van der Waals surface area contributed by atoms with E-state index in [-0.39, 0.29) is 11.9 Å². The maximum atomic E-state index is 13.3. The molecule has 0 fully saturated rings. The van der Waals surface area contributed by atoms with Crippen LogP contribution in [0, 0.1) is 5.82 Å². The van der Waals surface area contributed by atoms with Gasteiger partial charge in [-0.05, 0) is 31.9 Å². The van der Waals surface area contributed by atoms with Crippen molar-refractivity contribution in [3.63, 3.8) is 0 Å². The van der Waals surface area contributed by atoms with E-state index in [4.69, 9.17) is 5.73 Å². The second-order valence-corrected chi connectivity index (χ2v) is 5.49. The molecule has 1 aromatic rings. The highest BCUT2D eigenvalue weighted by molar-refractivity contribution is 7.85. The molecule has 2 atom stereocenters. The molecule has 2 nitrogen and oxygen atoms in total. The molecular formula is C12H18FNOS. The van der Waals surface area contributed by atoms with Crippen molar-refractivity contribution in [2.24, 2.45) is 5.73 Å². The Morgan fingerprint density at radius 2 is 2.06 bits per heavy atom. The fraction of sp³-hybridized carbons (Fsp3) is 0.500. The Labute approximate surface area is 98.5 Å². The van der Waals surface area contributed by atoms with E-state index >= 15 is 0 Å². The van der Waals surface area contributed by atoms with Gasteiger partial charge in [-0.3, -0.25) is 4.21 Å². The van der Waals surface area contributed by atoms with E-state index in [1.54, 1.807) is 18.2 Å². The molecular weight excluding hydrogens is 225 g/mol. The number of unbranched alkanes of at least 4 members (excludes halogenated alkanes) is 1. The van der Waals surface area contributed by atoms with Crippen LogP contribution in [0.25, 0.3) is 0 Å². The molecule has 0 aromatic heterocycles. The fourth-order valence-corrected chi connectivity index (χ4v) is 2.64. The van der Waals surface area contributed by atoms with Crippen molar-refractivity contribution in [2.75, 3.05) is 5.75 Å². The average molecular weight is 243 g/mol. The molecule has 90 valence electrons. The SMILES string of the molecule is CC(N)CCCCS(=O)c1ccccc1F. The van der Waals surface area contributed by atoms with Gasteiger partial charge in [0.1, 0.15) is 5.82 Å². The smallest absolute Gasteiger partial charge is 0.139 e. The van der Waals surface area contributed by atoms with E-state index in [1.165, 1.54) is 6.07 Å². The van der Waals surface area contributed by atoms with Crippen LogP contribution < -0.4 is 5.73 Å². The molecule has 4 heteroatoms. The predicted molar refractivity (Wildman–Crippen MR) is 65.2 cm³/mol. The number of rotatable bonds is 6. The zero-order valence-electron chi connectivity index (χ0n) is 9.49. The molecule has 0 amide bonds. The highest BCUT2D eigenvalue weighted by Gasteiger charge is 2.08. The molecule has 0 aliphatic heterocycles. The molecule has 2 unspecified atom stereocenters. The Hall–Kier alpha value is -0.740. The van der Waals surface area contributed by atoms with Crippen LogP contribution in [0.4, 0.5) is 4.39 Å². The van der Waals surface area contributed by atoms with E-state index in [0.29, 0.717) is 10.6 Å². The predicted octanol–water partition coefficient (Wildman–Crippen LogP) is 2.45. The normalized spacial score (nSPS) is 14.7. The molecule has 0 radical (unpaired) electrons. The lowest BCUT2D eigenvalue weighted by atomic mass is 10.2. The van der Waals surface area contributed by atoms with Gasteiger partial charge in [-0.25, -0.2) is 4.39 Å². The number of hydrogen-bond donors (Lipinski definition) is 1. The van der Waals surface area contributed by atoms with Gasteiger partial charge >= 0.3 is 0 Å². The van der Waals surface area contributed by atoms with Crippen molar-refractivity contribution in [3.05, 3.63) is 30.1 Å². The van der Waals surface area contributed by atoms with Crippen LogP contribution in [0.3, 0.4) is 0 Å². The van der Waals surface area contributed by atoms with Crippen LogP contribution >= 0.6 is 0 Å². The third-order valence-electron chi connectivity index (χ3n) is 2.32. The molecule has 0 heterocycles. The standard InChI is InChI=1S/C12H18FNOS/c1-10(14)6-4-5-9-16(15)12-8-3-2-7-11(12)13/h2-3,7-8,10H,4-6,9,14H2,1H3. The third kappa shape index (κ3) is 4.41. The maximum Gasteiger partial charge on any atom is 0.139 e. The molecule has 2 N–H and O–H groups in total. The van der Waals surface area contributed by atoms with Gasteiger partial charge in [0.05, 0.1) is 15.7 Å². The van der Waals surface area contributed by atoms with Crippen molar-refractivity contribution >= 4 is 10.8 Å². The van der Waals surface area contributed by atoms with Gasteiger partial charge < -0.3 is 5.73 Å².